The van der Waals surface area contributed by atoms with Gasteiger partial charge in [-0.1, -0.05) is 18.2 Å². The standard InChI is InChI=1S/C17H14BrF3N4O3/c1-10(11-5-7-12(8-6-11)28-17(19,20)21)22-15(26)9-24-16(27)25-13(18)3-2-4-14(25)23-24/h2-8,10H,9H2,1H3,(H,22,26)/t10-/m0/s1. The summed E-state index contributed by atoms with van der Waals surface area (Å²) in [6, 6.07) is 9.69. The van der Waals surface area contributed by atoms with Crippen molar-refractivity contribution in [3.63, 3.8) is 0 Å². The maximum atomic E-state index is 12.3. The molecule has 1 amide bonds. The fourth-order valence-electron chi connectivity index (χ4n) is 2.59. The first kappa shape index (κ1) is 19.9. The second-order valence-electron chi connectivity index (χ2n) is 5.89. The Kier molecular flexibility index (Phi) is 5.45. The number of pyridine rings is 1. The van der Waals surface area contributed by atoms with Gasteiger partial charge >= 0.3 is 12.1 Å². The number of amides is 1. The molecule has 0 bridgehead atoms. The summed E-state index contributed by atoms with van der Waals surface area (Å²) < 4.78 is 43.3. The number of halogens is 4. The number of fused-ring (bicyclic) bond motifs is 1. The number of aromatic nitrogens is 3. The van der Waals surface area contributed by atoms with Gasteiger partial charge in [-0.25, -0.2) is 13.9 Å². The Labute approximate surface area is 164 Å². The van der Waals surface area contributed by atoms with E-state index in [9.17, 15) is 22.8 Å². The van der Waals surface area contributed by atoms with Crippen molar-refractivity contribution in [3.8, 4) is 5.75 Å². The summed E-state index contributed by atoms with van der Waals surface area (Å²) in [5.41, 5.74) is 0.493. The van der Waals surface area contributed by atoms with E-state index in [0.29, 0.717) is 15.8 Å². The molecule has 0 spiro atoms. The Morgan fingerprint density at radius 3 is 2.54 bits per heavy atom. The first-order chi connectivity index (χ1) is 13.1. The third-order valence-corrected chi connectivity index (χ3v) is 4.46. The summed E-state index contributed by atoms with van der Waals surface area (Å²) in [7, 11) is 0. The van der Waals surface area contributed by atoms with Gasteiger partial charge in [0.2, 0.25) is 5.91 Å². The monoisotopic (exact) mass is 458 g/mol. The number of rotatable bonds is 5. The third-order valence-electron chi connectivity index (χ3n) is 3.84. The lowest BCUT2D eigenvalue weighted by atomic mass is 10.1. The Hall–Kier alpha value is -2.82. The largest absolute Gasteiger partial charge is 0.573 e. The molecule has 2 heterocycles. The van der Waals surface area contributed by atoms with E-state index in [4.69, 9.17) is 0 Å². The van der Waals surface area contributed by atoms with Crippen LogP contribution in [0.3, 0.4) is 0 Å². The van der Waals surface area contributed by atoms with E-state index >= 15 is 0 Å². The summed E-state index contributed by atoms with van der Waals surface area (Å²) in [6.45, 7) is 1.37. The Morgan fingerprint density at radius 1 is 1.25 bits per heavy atom. The summed E-state index contributed by atoms with van der Waals surface area (Å²) in [6.07, 6.45) is -4.77. The topological polar surface area (TPSA) is 77.6 Å². The molecular formula is C17H14BrF3N4O3. The Balaban J connectivity index is 1.67. The number of nitrogens with one attached hydrogen (secondary N) is 1. The average Bonchev–Trinajstić information content (AvgIpc) is 2.91. The fraction of sp³-hybridized carbons (Fsp3) is 0.235. The molecular weight excluding hydrogens is 445 g/mol. The zero-order valence-electron chi connectivity index (χ0n) is 14.4. The van der Waals surface area contributed by atoms with Gasteiger partial charge in [-0.3, -0.25) is 4.79 Å². The second-order valence-corrected chi connectivity index (χ2v) is 6.70. The minimum atomic E-state index is -4.77. The van der Waals surface area contributed by atoms with Gasteiger partial charge in [0, 0.05) is 0 Å². The minimum Gasteiger partial charge on any atom is -0.406 e. The van der Waals surface area contributed by atoms with Crippen LogP contribution in [0.15, 0.2) is 51.9 Å². The van der Waals surface area contributed by atoms with Gasteiger partial charge < -0.3 is 10.1 Å². The zero-order chi connectivity index (χ0) is 20.5. The molecule has 0 aliphatic rings. The lowest BCUT2D eigenvalue weighted by molar-refractivity contribution is -0.274. The van der Waals surface area contributed by atoms with Gasteiger partial charge in [-0.05, 0) is 52.7 Å². The van der Waals surface area contributed by atoms with Crippen molar-refractivity contribution >= 4 is 27.5 Å². The molecule has 1 aromatic carbocycles. The third kappa shape index (κ3) is 4.53. The normalized spacial score (nSPS) is 12.8. The molecule has 0 fully saturated rings. The molecule has 0 unspecified atom stereocenters. The van der Waals surface area contributed by atoms with Crippen LogP contribution in [-0.4, -0.2) is 26.5 Å². The van der Waals surface area contributed by atoms with Crippen molar-refractivity contribution in [2.75, 3.05) is 0 Å². The number of nitrogens with zero attached hydrogens (tertiary/aromatic N) is 3. The molecule has 0 saturated heterocycles. The highest BCUT2D eigenvalue weighted by molar-refractivity contribution is 9.10. The van der Waals surface area contributed by atoms with Crippen molar-refractivity contribution in [2.24, 2.45) is 0 Å². The van der Waals surface area contributed by atoms with Gasteiger partial charge in [0.15, 0.2) is 5.65 Å². The molecule has 11 heteroatoms. The number of hydrogen-bond acceptors (Lipinski definition) is 4. The molecule has 3 aromatic rings. The molecule has 0 saturated carbocycles. The van der Waals surface area contributed by atoms with E-state index in [1.165, 1.54) is 16.5 Å². The van der Waals surface area contributed by atoms with Crippen molar-refractivity contribution in [2.45, 2.75) is 25.9 Å². The first-order valence-electron chi connectivity index (χ1n) is 8.03. The first-order valence-corrected chi connectivity index (χ1v) is 8.82. The summed E-state index contributed by atoms with van der Waals surface area (Å²) in [4.78, 5) is 24.6. The SMILES string of the molecule is C[C@H](NC(=O)Cn1nc2cccc(Br)n2c1=O)c1ccc(OC(F)(F)F)cc1. The Morgan fingerprint density at radius 2 is 1.93 bits per heavy atom. The van der Waals surface area contributed by atoms with Crippen LogP contribution in [0.2, 0.25) is 0 Å². The molecule has 0 aliphatic carbocycles. The highest BCUT2D eigenvalue weighted by Gasteiger charge is 2.31. The predicted octanol–water partition coefficient (Wildman–Crippen LogP) is 3.03. The molecule has 1 N–H and O–H groups in total. The number of carbonyl (C=O) groups excluding carboxylic acids is 1. The number of alkyl halides is 3. The molecule has 7 nitrogen and oxygen atoms in total. The molecule has 0 radical (unpaired) electrons. The van der Waals surface area contributed by atoms with Gasteiger partial charge in [0.25, 0.3) is 0 Å². The van der Waals surface area contributed by atoms with Gasteiger partial charge in [0.05, 0.1) is 10.6 Å². The number of hydrogen-bond donors (Lipinski definition) is 1. The summed E-state index contributed by atoms with van der Waals surface area (Å²) in [5.74, 6) is -0.818. The maximum Gasteiger partial charge on any atom is 0.573 e. The molecule has 0 aliphatic heterocycles. The van der Waals surface area contributed by atoms with Crippen LogP contribution in [0.25, 0.3) is 5.65 Å². The van der Waals surface area contributed by atoms with Crippen LogP contribution < -0.4 is 15.7 Å². The number of ether oxygens (including phenoxy) is 1. The highest BCUT2D eigenvalue weighted by Crippen LogP contribution is 2.24. The van der Waals surface area contributed by atoms with Crippen LogP contribution >= 0.6 is 15.9 Å². The smallest absolute Gasteiger partial charge is 0.406 e. The van der Waals surface area contributed by atoms with Crippen molar-refractivity contribution in [1.82, 2.24) is 19.5 Å². The molecule has 28 heavy (non-hydrogen) atoms. The van der Waals surface area contributed by atoms with Crippen LogP contribution in [0.4, 0.5) is 13.2 Å². The second kappa shape index (κ2) is 7.66. The van der Waals surface area contributed by atoms with E-state index < -0.39 is 24.0 Å². The van der Waals surface area contributed by atoms with E-state index in [0.717, 1.165) is 16.8 Å². The van der Waals surface area contributed by atoms with Gasteiger partial charge in [0.1, 0.15) is 12.3 Å². The predicted molar refractivity (Wildman–Crippen MR) is 96.8 cm³/mol. The van der Waals surface area contributed by atoms with Crippen LogP contribution in [0.1, 0.15) is 18.5 Å². The van der Waals surface area contributed by atoms with Gasteiger partial charge in [-0.15, -0.1) is 18.3 Å². The van der Waals surface area contributed by atoms with Crippen LogP contribution in [0.5, 0.6) is 5.75 Å². The van der Waals surface area contributed by atoms with Gasteiger partial charge in [-0.2, -0.15) is 0 Å². The molecule has 1 atom stereocenters. The van der Waals surface area contributed by atoms with E-state index in [1.807, 2.05) is 0 Å². The fourth-order valence-corrected chi connectivity index (χ4v) is 3.08. The summed E-state index contributed by atoms with van der Waals surface area (Å²) >= 11 is 3.25. The van der Waals surface area contributed by atoms with Crippen molar-refractivity contribution < 1.29 is 22.7 Å². The highest BCUT2D eigenvalue weighted by atomic mass is 79.9. The number of carbonyl (C=O) groups is 1. The quantitative estimate of drug-likeness (QED) is 0.596. The molecule has 3 rings (SSSR count). The van der Waals surface area contributed by atoms with Crippen LogP contribution in [-0.2, 0) is 11.3 Å². The molecule has 148 valence electrons. The van der Waals surface area contributed by atoms with E-state index in [1.54, 1.807) is 25.1 Å². The minimum absolute atomic E-state index is 0.299. The lowest BCUT2D eigenvalue weighted by Crippen LogP contribution is -2.34. The Bertz CT molecular complexity index is 1060. The van der Waals surface area contributed by atoms with E-state index in [-0.39, 0.29) is 12.3 Å². The average molecular weight is 459 g/mol. The van der Waals surface area contributed by atoms with Crippen LogP contribution in [0, 0.1) is 0 Å². The lowest BCUT2D eigenvalue weighted by Gasteiger charge is -2.15. The molecule has 2 aromatic heterocycles. The van der Waals surface area contributed by atoms with Crippen molar-refractivity contribution in [1.29, 1.82) is 0 Å². The summed E-state index contributed by atoms with van der Waals surface area (Å²) in [5, 5.41) is 6.77. The zero-order valence-corrected chi connectivity index (χ0v) is 16.0. The van der Waals surface area contributed by atoms with Crippen molar-refractivity contribution in [3.05, 3.63) is 63.1 Å². The number of benzene rings is 1. The van der Waals surface area contributed by atoms with E-state index in [2.05, 4.69) is 31.1 Å². The maximum absolute atomic E-state index is 12.3.